The Morgan fingerprint density at radius 2 is 1.85 bits per heavy atom. The fourth-order valence-electron chi connectivity index (χ4n) is 2.55. The summed E-state index contributed by atoms with van der Waals surface area (Å²) in [6.45, 7) is 9.50. The lowest BCUT2D eigenvalue weighted by Crippen LogP contribution is -2.08. The van der Waals surface area contributed by atoms with Crippen molar-refractivity contribution in [3.63, 3.8) is 0 Å². The zero-order valence-electron chi connectivity index (χ0n) is 9.90. The van der Waals surface area contributed by atoms with Crippen LogP contribution in [-0.2, 0) is 0 Å². The summed E-state index contributed by atoms with van der Waals surface area (Å²) in [5, 5.41) is 0. The van der Waals surface area contributed by atoms with Gasteiger partial charge in [0.2, 0.25) is 0 Å². The summed E-state index contributed by atoms with van der Waals surface area (Å²) < 4.78 is 0. The highest BCUT2D eigenvalue weighted by atomic mass is 14.3. The van der Waals surface area contributed by atoms with Crippen LogP contribution in [0.2, 0.25) is 0 Å². The van der Waals surface area contributed by atoms with Crippen molar-refractivity contribution in [3.05, 3.63) is 0 Å². The van der Waals surface area contributed by atoms with Crippen molar-refractivity contribution in [2.45, 2.75) is 66.2 Å². The molecule has 2 atom stereocenters. The Bertz CT molecular complexity index is 141. The fraction of sp³-hybridized carbons (Fsp3) is 1.00. The van der Waals surface area contributed by atoms with Gasteiger partial charge in [-0.3, -0.25) is 0 Å². The molecule has 1 aliphatic rings. The van der Waals surface area contributed by atoms with E-state index >= 15 is 0 Å². The van der Waals surface area contributed by atoms with Crippen LogP contribution in [0.1, 0.15) is 66.2 Å². The minimum Gasteiger partial charge on any atom is -0.0622 e. The predicted octanol–water partition coefficient (Wildman–Crippen LogP) is 4.64. The molecule has 1 aliphatic carbocycles. The Balaban J connectivity index is 2.12. The van der Waals surface area contributed by atoms with Crippen molar-refractivity contribution in [2.24, 2.45) is 17.3 Å². The van der Waals surface area contributed by atoms with E-state index in [1.54, 1.807) is 0 Å². The first-order chi connectivity index (χ1) is 5.99. The molecule has 1 saturated carbocycles. The molecule has 0 heterocycles. The Kier molecular flexibility index (Phi) is 3.82. The van der Waals surface area contributed by atoms with Crippen molar-refractivity contribution in [2.75, 3.05) is 0 Å². The second-order valence-corrected chi connectivity index (χ2v) is 6.12. The molecule has 0 nitrogen and oxygen atoms in total. The van der Waals surface area contributed by atoms with E-state index in [0.717, 1.165) is 11.8 Å². The highest BCUT2D eigenvalue weighted by Crippen LogP contribution is 2.35. The molecule has 78 valence electrons. The summed E-state index contributed by atoms with van der Waals surface area (Å²) in [6.07, 6.45) is 8.81. The molecule has 1 fully saturated rings. The summed E-state index contributed by atoms with van der Waals surface area (Å²) in [5.74, 6) is 2.07. The lowest BCUT2D eigenvalue weighted by molar-refractivity contribution is 0.315. The molecular weight excluding hydrogens is 156 g/mol. The molecule has 0 amide bonds. The van der Waals surface area contributed by atoms with Gasteiger partial charge < -0.3 is 0 Å². The Morgan fingerprint density at radius 3 is 2.31 bits per heavy atom. The fourth-order valence-corrected chi connectivity index (χ4v) is 2.55. The first-order valence-corrected chi connectivity index (χ1v) is 5.99. The normalized spacial score (nSPS) is 29.5. The van der Waals surface area contributed by atoms with Gasteiger partial charge in [-0.2, -0.15) is 0 Å². The van der Waals surface area contributed by atoms with Gasteiger partial charge in [0.25, 0.3) is 0 Å². The zero-order valence-corrected chi connectivity index (χ0v) is 9.90. The molecule has 0 N–H and O–H groups in total. The van der Waals surface area contributed by atoms with Gasteiger partial charge in [-0.05, 0) is 23.7 Å². The maximum absolute atomic E-state index is 2.44. The van der Waals surface area contributed by atoms with Gasteiger partial charge in [0.15, 0.2) is 0 Å². The summed E-state index contributed by atoms with van der Waals surface area (Å²) in [4.78, 5) is 0. The van der Waals surface area contributed by atoms with Crippen LogP contribution in [0.3, 0.4) is 0 Å². The molecule has 0 spiro atoms. The number of hydrogen-bond donors (Lipinski definition) is 0. The van der Waals surface area contributed by atoms with Crippen LogP contribution in [0.4, 0.5) is 0 Å². The van der Waals surface area contributed by atoms with E-state index in [4.69, 9.17) is 0 Å². The minimum absolute atomic E-state index is 0.543. The summed E-state index contributed by atoms with van der Waals surface area (Å²) in [7, 11) is 0. The van der Waals surface area contributed by atoms with Crippen LogP contribution in [0.15, 0.2) is 0 Å². The smallest absolute Gasteiger partial charge is 0.0383 e. The van der Waals surface area contributed by atoms with Gasteiger partial charge >= 0.3 is 0 Å². The zero-order chi connectivity index (χ0) is 9.90. The van der Waals surface area contributed by atoms with Gasteiger partial charge in [-0.15, -0.1) is 0 Å². The van der Waals surface area contributed by atoms with Crippen LogP contribution in [0.25, 0.3) is 0 Å². The quantitative estimate of drug-likeness (QED) is 0.596. The second-order valence-electron chi connectivity index (χ2n) is 6.12. The molecule has 0 radical (unpaired) electrons. The molecule has 0 aromatic heterocycles. The largest absolute Gasteiger partial charge is 0.0622 e. The third-order valence-electron chi connectivity index (χ3n) is 3.54. The molecule has 13 heavy (non-hydrogen) atoms. The Labute approximate surface area is 84.1 Å². The van der Waals surface area contributed by atoms with Crippen molar-refractivity contribution in [1.82, 2.24) is 0 Å². The topological polar surface area (TPSA) is 0 Å². The second kappa shape index (κ2) is 4.48. The van der Waals surface area contributed by atoms with Gasteiger partial charge in [0, 0.05) is 0 Å². The Morgan fingerprint density at radius 1 is 1.15 bits per heavy atom. The van der Waals surface area contributed by atoms with Gasteiger partial charge in [0.05, 0.1) is 0 Å². The minimum atomic E-state index is 0.543. The van der Waals surface area contributed by atoms with E-state index < -0.39 is 0 Å². The molecule has 0 aromatic carbocycles. The number of rotatable bonds is 3. The van der Waals surface area contributed by atoms with Crippen molar-refractivity contribution in [1.29, 1.82) is 0 Å². The average molecular weight is 182 g/mol. The average Bonchev–Trinajstić information content (AvgIpc) is 2.34. The van der Waals surface area contributed by atoms with Crippen LogP contribution in [0, 0.1) is 17.3 Å². The maximum atomic E-state index is 2.44. The molecule has 0 aromatic rings. The molecule has 0 saturated heterocycles. The highest BCUT2D eigenvalue weighted by molar-refractivity contribution is 4.74. The molecule has 1 rings (SSSR count). The van der Waals surface area contributed by atoms with Crippen LogP contribution < -0.4 is 0 Å². The van der Waals surface area contributed by atoms with E-state index in [1.807, 2.05) is 0 Å². The van der Waals surface area contributed by atoms with E-state index in [2.05, 4.69) is 27.7 Å². The van der Waals surface area contributed by atoms with Crippen LogP contribution in [0.5, 0.6) is 0 Å². The van der Waals surface area contributed by atoms with E-state index in [0.29, 0.717) is 5.41 Å². The molecule has 0 aliphatic heterocycles. The van der Waals surface area contributed by atoms with Gasteiger partial charge in [-0.25, -0.2) is 0 Å². The van der Waals surface area contributed by atoms with Crippen molar-refractivity contribution >= 4 is 0 Å². The SMILES string of the molecule is CC1CCCC1CCCC(C)(C)C. The molecule has 0 heteroatoms. The third-order valence-corrected chi connectivity index (χ3v) is 3.54. The summed E-state index contributed by atoms with van der Waals surface area (Å²) in [6, 6.07) is 0. The molecule has 0 bridgehead atoms. The van der Waals surface area contributed by atoms with Crippen molar-refractivity contribution in [3.8, 4) is 0 Å². The van der Waals surface area contributed by atoms with E-state index in [-0.39, 0.29) is 0 Å². The van der Waals surface area contributed by atoms with Crippen LogP contribution >= 0.6 is 0 Å². The monoisotopic (exact) mass is 182 g/mol. The van der Waals surface area contributed by atoms with Gasteiger partial charge in [-0.1, -0.05) is 59.8 Å². The third kappa shape index (κ3) is 4.15. The standard InChI is InChI=1S/C13H26/c1-11-7-5-8-12(11)9-6-10-13(2,3)4/h11-12H,5-10H2,1-4H3. The lowest BCUT2D eigenvalue weighted by Gasteiger charge is -2.20. The highest BCUT2D eigenvalue weighted by Gasteiger charge is 2.23. The first kappa shape index (κ1) is 11.1. The lowest BCUT2D eigenvalue weighted by atomic mass is 9.85. The summed E-state index contributed by atoms with van der Waals surface area (Å²) in [5.41, 5.74) is 0.543. The van der Waals surface area contributed by atoms with E-state index in [9.17, 15) is 0 Å². The Hall–Kier alpha value is 0. The van der Waals surface area contributed by atoms with E-state index in [1.165, 1.54) is 38.5 Å². The van der Waals surface area contributed by atoms with Gasteiger partial charge in [0.1, 0.15) is 0 Å². The summed E-state index contributed by atoms with van der Waals surface area (Å²) >= 11 is 0. The van der Waals surface area contributed by atoms with Crippen LogP contribution in [-0.4, -0.2) is 0 Å². The molecular formula is C13H26. The predicted molar refractivity (Wildman–Crippen MR) is 59.8 cm³/mol. The number of hydrogen-bond acceptors (Lipinski definition) is 0. The first-order valence-electron chi connectivity index (χ1n) is 5.99. The maximum Gasteiger partial charge on any atom is -0.0383 e. The van der Waals surface area contributed by atoms with Crippen molar-refractivity contribution < 1.29 is 0 Å². The molecule has 2 unspecified atom stereocenters.